The monoisotopic (exact) mass is 786 g/mol. The highest BCUT2D eigenvalue weighted by atomic mass is 31.2. The molecule has 0 atom stereocenters. The smallest absolute Gasteiger partial charge is 0.303 e. The van der Waals surface area contributed by atoms with Crippen molar-refractivity contribution in [2.45, 2.75) is 284 Å². The molecule has 0 aromatic heterocycles. The zero-order valence-corrected chi connectivity index (χ0v) is 38.0. The Morgan fingerprint density at radius 3 is 0.704 bits per heavy atom. The van der Waals surface area contributed by atoms with Crippen molar-refractivity contribution < 1.29 is 18.9 Å². The summed E-state index contributed by atoms with van der Waals surface area (Å²) in [6.45, 7) is 8.71. The minimum absolute atomic E-state index is 0.167. The average molecular weight is 786 g/mol. The lowest BCUT2D eigenvalue weighted by Crippen LogP contribution is -2.27. The van der Waals surface area contributed by atoms with Gasteiger partial charge in [-0.1, -0.05) is 258 Å². The summed E-state index contributed by atoms with van der Waals surface area (Å²) in [5.74, 6) is 0. The molecule has 5 nitrogen and oxygen atoms in total. The lowest BCUT2D eigenvalue weighted by Gasteiger charge is -2.22. The summed E-state index contributed by atoms with van der Waals surface area (Å²) in [5, 5.41) is 0. The van der Waals surface area contributed by atoms with Gasteiger partial charge in [0.25, 0.3) is 0 Å². The number of unbranched alkanes of at least 4 members (excludes halogenated alkanes) is 39. The first-order chi connectivity index (χ1) is 26.5. The van der Waals surface area contributed by atoms with Gasteiger partial charge >= 0.3 is 7.82 Å². The Morgan fingerprint density at radius 1 is 0.315 bits per heavy atom. The Morgan fingerprint density at radius 2 is 0.500 bits per heavy atom. The summed E-state index contributed by atoms with van der Waals surface area (Å²) in [6, 6.07) is 0. The molecule has 0 bridgehead atoms. The third-order valence-electron chi connectivity index (χ3n) is 11.8. The second kappa shape index (κ2) is 45.8. The number of hydrogen-bond donors (Lipinski definition) is 2. The maximum Gasteiger partial charge on any atom is 0.469 e. The zero-order valence-electron chi connectivity index (χ0n) is 37.1. The van der Waals surface area contributed by atoms with Gasteiger partial charge in [-0.3, -0.25) is 4.52 Å². The van der Waals surface area contributed by atoms with Crippen molar-refractivity contribution in [1.82, 2.24) is 4.90 Å². The maximum absolute atomic E-state index is 10.7. The van der Waals surface area contributed by atoms with Gasteiger partial charge in [-0.2, -0.15) is 0 Å². The normalized spacial score (nSPS) is 12.1. The van der Waals surface area contributed by atoms with Crippen LogP contribution in [0.3, 0.4) is 0 Å². The van der Waals surface area contributed by atoms with Gasteiger partial charge in [0, 0.05) is 0 Å². The molecule has 0 radical (unpaired) electrons. The van der Waals surface area contributed by atoms with Gasteiger partial charge in [0.2, 0.25) is 0 Å². The van der Waals surface area contributed by atoms with Crippen LogP contribution in [-0.2, 0) is 9.09 Å². The van der Waals surface area contributed by atoms with Crippen molar-refractivity contribution in [3.63, 3.8) is 0 Å². The Bertz CT molecular complexity index is 696. The Hall–Kier alpha value is 0.0700. The van der Waals surface area contributed by atoms with Crippen LogP contribution in [0.15, 0.2) is 0 Å². The fourth-order valence-electron chi connectivity index (χ4n) is 8.14. The SMILES string of the molecule is CCCCCCCCCCCCCCCCCCN(CCCCCCCCCCCCCCCCCC)CCCCCCCCCCCCOP(=O)(O)O. The van der Waals surface area contributed by atoms with Crippen molar-refractivity contribution >= 4 is 7.82 Å². The second-order valence-electron chi connectivity index (χ2n) is 17.3. The van der Waals surface area contributed by atoms with E-state index in [2.05, 4.69) is 23.3 Å². The Kier molecular flexibility index (Phi) is 45.8. The number of nitrogens with zero attached hydrogens (tertiary/aromatic N) is 1. The van der Waals surface area contributed by atoms with Crippen LogP contribution in [0.2, 0.25) is 0 Å². The quantitative estimate of drug-likeness (QED) is 0.0475. The first-order valence-electron chi connectivity index (χ1n) is 24.9. The van der Waals surface area contributed by atoms with E-state index >= 15 is 0 Å². The lowest BCUT2D eigenvalue weighted by atomic mass is 10.0. The summed E-state index contributed by atoms with van der Waals surface area (Å²) >= 11 is 0. The molecule has 0 heterocycles. The van der Waals surface area contributed by atoms with Crippen LogP contribution in [0.4, 0.5) is 0 Å². The van der Waals surface area contributed by atoms with Gasteiger partial charge in [0.05, 0.1) is 6.61 Å². The average Bonchev–Trinajstić information content (AvgIpc) is 3.15. The van der Waals surface area contributed by atoms with E-state index in [9.17, 15) is 4.57 Å². The van der Waals surface area contributed by atoms with Crippen LogP contribution in [0.1, 0.15) is 284 Å². The molecule has 326 valence electrons. The minimum Gasteiger partial charge on any atom is -0.303 e. The lowest BCUT2D eigenvalue weighted by molar-refractivity contribution is 0.193. The Balaban J connectivity index is 3.97. The highest BCUT2D eigenvalue weighted by molar-refractivity contribution is 7.46. The van der Waals surface area contributed by atoms with Crippen LogP contribution >= 0.6 is 7.82 Å². The van der Waals surface area contributed by atoms with E-state index < -0.39 is 7.82 Å². The van der Waals surface area contributed by atoms with Gasteiger partial charge in [-0.15, -0.1) is 0 Å². The first-order valence-corrected chi connectivity index (χ1v) is 26.4. The molecule has 0 saturated heterocycles. The molecule has 0 unspecified atom stereocenters. The number of hydrogen-bond acceptors (Lipinski definition) is 3. The van der Waals surface area contributed by atoms with Gasteiger partial charge < -0.3 is 14.7 Å². The van der Waals surface area contributed by atoms with E-state index in [1.807, 2.05) is 0 Å². The highest BCUT2D eigenvalue weighted by Crippen LogP contribution is 2.35. The molecule has 0 aromatic carbocycles. The van der Waals surface area contributed by atoms with E-state index in [0.717, 1.165) is 19.3 Å². The molecule has 0 amide bonds. The topological polar surface area (TPSA) is 70.0 Å². The summed E-state index contributed by atoms with van der Waals surface area (Å²) in [7, 11) is -4.29. The minimum atomic E-state index is -4.29. The van der Waals surface area contributed by atoms with Gasteiger partial charge in [0.1, 0.15) is 0 Å². The second-order valence-corrected chi connectivity index (χ2v) is 18.5. The molecule has 54 heavy (non-hydrogen) atoms. The zero-order chi connectivity index (χ0) is 39.3. The largest absolute Gasteiger partial charge is 0.469 e. The molecule has 0 fully saturated rings. The molecule has 0 spiro atoms. The summed E-state index contributed by atoms with van der Waals surface area (Å²) in [5.41, 5.74) is 0. The molecule has 0 aromatic rings. The van der Waals surface area contributed by atoms with Gasteiger partial charge in [0.15, 0.2) is 0 Å². The summed E-state index contributed by atoms with van der Waals surface area (Å²) < 4.78 is 15.3. The van der Waals surface area contributed by atoms with Crippen LogP contribution < -0.4 is 0 Å². The fraction of sp³-hybridized carbons (Fsp3) is 1.00. The van der Waals surface area contributed by atoms with Crippen LogP contribution in [0.25, 0.3) is 0 Å². The molecule has 2 N–H and O–H groups in total. The molecule has 0 aliphatic carbocycles. The van der Waals surface area contributed by atoms with Crippen molar-refractivity contribution in [3.8, 4) is 0 Å². The van der Waals surface area contributed by atoms with E-state index in [1.54, 1.807) is 0 Å². The molecule has 0 saturated carbocycles. The third-order valence-corrected chi connectivity index (χ3v) is 12.3. The molecule has 0 rings (SSSR count). The maximum atomic E-state index is 10.7. The summed E-state index contributed by atoms with van der Waals surface area (Å²) in [4.78, 5) is 20.3. The van der Waals surface area contributed by atoms with E-state index in [1.165, 1.54) is 270 Å². The number of phosphoric acid groups is 1. The standard InChI is InChI=1S/C48H100NO4P/c1-3-5-7-9-11-13-15-17-19-21-23-25-29-33-37-41-45-49(47-43-39-35-31-27-28-32-36-40-44-48-53-54(50,51)52)46-42-38-34-30-26-24-22-20-18-16-14-12-10-8-6-4-2/h3-48H2,1-2H3,(H2,50,51,52). The van der Waals surface area contributed by atoms with Crippen molar-refractivity contribution in [2.24, 2.45) is 0 Å². The molecule has 0 aliphatic heterocycles. The van der Waals surface area contributed by atoms with Crippen molar-refractivity contribution in [2.75, 3.05) is 26.2 Å². The predicted molar refractivity (Wildman–Crippen MR) is 240 cm³/mol. The molecule has 0 aliphatic rings. The van der Waals surface area contributed by atoms with E-state index in [0.29, 0.717) is 0 Å². The van der Waals surface area contributed by atoms with Gasteiger partial charge in [-0.05, 0) is 45.3 Å². The molecular formula is C48H100NO4P. The predicted octanol–water partition coefficient (Wildman–Crippen LogP) is 16.8. The van der Waals surface area contributed by atoms with Crippen LogP contribution in [0.5, 0.6) is 0 Å². The third kappa shape index (κ3) is 48.2. The van der Waals surface area contributed by atoms with Crippen LogP contribution in [-0.4, -0.2) is 40.9 Å². The van der Waals surface area contributed by atoms with E-state index in [-0.39, 0.29) is 6.61 Å². The molecule has 6 heteroatoms. The van der Waals surface area contributed by atoms with Gasteiger partial charge in [-0.25, -0.2) is 4.57 Å². The fourth-order valence-corrected chi connectivity index (χ4v) is 8.50. The molecular weight excluding hydrogens is 686 g/mol. The van der Waals surface area contributed by atoms with Crippen molar-refractivity contribution in [1.29, 1.82) is 0 Å². The van der Waals surface area contributed by atoms with Crippen molar-refractivity contribution in [3.05, 3.63) is 0 Å². The van der Waals surface area contributed by atoms with E-state index in [4.69, 9.17) is 9.79 Å². The summed E-state index contributed by atoms with van der Waals surface area (Å²) in [6.07, 6.45) is 58.3. The van der Waals surface area contributed by atoms with Crippen LogP contribution in [0, 0.1) is 0 Å². The number of rotatable bonds is 48. The number of phosphoric ester groups is 1. The Labute approximate surface area is 340 Å². The first kappa shape index (κ1) is 54.1. The highest BCUT2D eigenvalue weighted by Gasteiger charge is 2.12.